The minimum absolute atomic E-state index is 0.0462. The molecule has 3 heterocycles. The Kier molecular flexibility index (Phi) is 6.45. The number of allylic oxidation sites excluding steroid dienone is 1. The molecule has 8 rings (SSSR count). The van der Waals surface area contributed by atoms with E-state index in [2.05, 4.69) is 16.3 Å². The number of aliphatic carboxylic acids is 1. The van der Waals surface area contributed by atoms with Crippen LogP contribution in [0, 0.1) is 17.3 Å². The zero-order valence-corrected chi connectivity index (χ0v) is 23.1. The summed E-state index contributed by atoms with van der Waals surface area (Å²) in [6.45, 7) is 0.542. The first-order chi connectivity index (χ1) is 19.5. The van der Waals surface area contributed by atoms with Gasteiger partial charge in [-0.15, -0.1) is 0 Å². The molecule has 9 nitrogen and oxygen atoms in total. The van der Waals surface area contributed by atoms with Gasteiger partial charge in [-0.2, -0.15) is 0 Å². The molecule has 4 saturated carbocycles. The van der Waals surface area contributed by atoms with Gasteiger partial charge in [0.2, 0.25) is 0 Å². The summed E-state index contributed by atoms with van der Waals surface area (Å²) in [6.07, 6.45) is 12.1. The summed E-state index contributed by atoms with van der Waals surface area (Å²) in [5.74, 6) is 0.733. The lowest BCUT2D eigenvalue weighted by Gasteiger charge is -2.63. The molecule has 212 valence electrons. The molecule has 9 heteroatoms. The third kappa shape index (κ3) is 4.16. The molecular formula is C31H38N4O5. The third-order valence-electron chi connectivity index (χ3n) is 10.4. The van der Waals surface area contributed by atoms with Gasteiger partial charge in [0.1, 0.15) is 12.3 Å². The lowest BCUT2D eigenvalue weighted by molar-refractivity contribution is -0.136. The standard InChI is InChI=1S/C31H38N4O5/c1-39-13-14-40-33-26(9-10-28(36)37)29-30(38)35(27-8-3-2-7-25(27)32-29)21-15-19-5-4-6-20(16-21)34(19)18-22-23-17-24(22)31(23)11-12-31/h2-3,7-8,18-21,23-24H,4-6,9-17H2,1H3,(H,36,37)/b22-18?,33-26+/t19-,20+,21+,23?,24?. The van der Waals surface area contributed by atoms with Crippen LogP contribution in [0.4, 0.5) is 0 Å². The molecular weight excluding hydrogens is 508 g/mol. The lowest BCUT2D eigenvalue weighted by atomic mass is 9.42. The van der Waals surface area contributed by atoms with Gasteiger partial charge < -0.3 is 24.1 Å². The van der Waals surface area contributed by atoms with E-state index in [-0.39, 0.29) is 42.5 Å². The Morgan fingerprint density at radius 3 is 2.52 bits per heavy atom. The van der Waals surface area contributed by atoms with Gasteiger partial charge in [0, 0.05) is 31.7 Å². The van der Waals surface area contributed by atoms with Crippen LogP contribution in [0.5, 0.6) is 0 Å². The molecule has 1 aromatic heterocycles. The summed E-state index contributed by atoms with van der Waals surface area (Å²) in [4.78, 5) is 38.4. The highest BCUT2D eigenvalue weighted by molar-refractivity contribution is 6.00. The molecule has 1 spiro atoms. The maximum atomic E-state index is 14.2. The second-order valence-corrected chi connectivity index (χ2v) is 12.4. The van der Waals surface area contributed by atoms with Gasteiger partial charge in [-0.1, -0.05) is 17.3 Å². The van der Waals surface area contributed by atoms with E-state index in [4.69, 9.17) is 14.6 Å². The number of fused-ring (bicyclic) bond motifs is 3. The van der Waals surface area contributed by atoms with Crippen molar-refractivity contribution >= 4 is 22.7 Å². The molecule has 4 aliphatic carbocycles. The predicted octanol–water partition coefficient (Wildman–Crippen LogP) is 4.50. The zero-order valence-electron chi connectivity index (χ0n) is 23.1. The van der Waals surface area contributed by atoms with Crippen molar-refractivity contribution in [3.05, 3.63) is 52.1 Å². The summed E-state index contributed by atoms with van der Waals surface area (Å²) in [5, 5.41) is 13.5. The van der Waals surface area contributed by atoms with Crippen molar-refractivity contribution in [2.24, 2.45) is 22.4 Å². The summed E-state index contributed by atoms with van der Waals surface area (Å²) in [5.41, 5.74) is 4.17. The molecule has 0 radical (unpaired) electrons. The highest BCUT2D eigenvalue weighted by Crippen LogP contribution is 2.82. The number of hydrogen-bond donors (Lipinski definition) is 1. The first-order valence-electron chi connectivity index (χ1n) is 14.9. The minimum Gasteiger partial charge on any atom is -0.481 e. The number of carboxylic acid groups (broad SMARTS) is 1. The Morgan fingerprint density at radius 2 is 1.85 bits per heavy atom. The van der Waals surface area contributed by atoms with E-state index < -0.39 is 5.97 Å². The van der Waals surface area contributed by atoms with Crippen LogP contribution in [0.25, 0.3) is 11.0 Å². The van der Waals surface area contributed by atoms with Crippen LogP contribution in [0.3, 0.4) is 0 Å². The van der Waals surface area contributed by atoms with Crippen LogP contribution in [0.2, 0.25) is 0 Å². The topological polar surface area (TPSA) is 106 Å². The highest BCUT2D eigenvalue weighted by atomic mass is 16.6. The predicted molar refractivity (Wildman–Crippen MR) is 150 cm³/mol. The number of piperidine rings is 2. The molecule has 2 aliphatic heterocycles. The summed E-state index contributed by atoms with van der Waals surface area (Å²) in [6, 6.07) is 8.65. The second kappa shape index (κ2) is 10.0. The Hall–Kier alpha value is -3.20. The number of ether oxygens (including phenoxy) is 1. The summed E-state index contributed by atoms with van der Waals surface area (Å²) in [7, 11) is 1.57. The van der Waals surface area contributed by atoms with E-state index in [1.807, 2.05) is 28.8 Å². The fourth-order valence-corrected chi connectivity index (χ4v) is 8.09. The van der Waals surface area contributed by atoms with Gasteiger partial charge in [0.15, 0.2) is 5.69 Å². The van der Waals surface area contributed by atoms with E-state index in [1.54, 1.807) is 12.7 Å². The number of carbonyl (C=O) groups is 1. The molecule has 4 bridgehead atoms. The van der Waals surface area contributed by atoms with Crippen LogP contribution in [-0.4, -0.2) is 63.6 Å². The Morgan fingerprint density at radius 1 is 1.10 bits per heavy atom. The molecule has 2 unspecified atom stereocenters. The molecule has 40 heavy (non-hydrogen) atoms. The number of rotatable bonds is 10. The number of methoxy groups -OCH3 is 1. The van der Waals surface area contributed by atoms with Crippen LogP contribution in [0.15, 0.2) is 46.0 Å². The van der Waals surface area contributed by atoms with Gasteiger partial charge in [-0.3, -0.25) is 9.59 Å². The van der Waals surface area contributed by atoms with E-state index >= 15 is 0 Å². The fraction of sp³-hybridized carbons (Fsp3) is 0.613. The second-order valence-electron chi connectivity index (χ2n) is 12.4. The maximum absolute atomic E-state index is 14.2. The van der Waals surface area contributed by atoms with Crippen molar-refractivity contribution in [1.29, 1.82) is 0 Å². The zero-order chi connectivity index (χ0) is 27.4. The number of para-hydroxylation sites is 2. The van der Waals surface area contributed by atoms with Crippen molar-refractivity contribution in [3.63, 3.8) is 0 Å². The molecule has 6 fully saturated rings. The number of nitrogens with zero attached hydrogens (tertiary/aromatic N) is 4. The molecule has 1 N–H and O–H groups in total. The SMILES string of the molecule is COCCO/N=C(\CCC(=O)O)c1nc2ccccc2n([C@H]2C[C@H]3CCC[C@@H](C2)N3C=C2C3CC2C32CC2)c1=O. The summed E-state index contributed by atoms with van der Waals surface area (Å²) >= 11 is 0. The summed E-state index contributed by atoms with van der Waals surface area (Å²) < 4.78 is 6.96. The number of benzene rings is 1. The minimum atomic E-state index is -0.961. The number of carboxylic acids is 1. The Labute approximate surface area is 233 Å². The van der Waals surface area contributed by atoms with E-state index in [0.717, 1.165) is 43.0 Å². The maximum Gasteiger partial charge on any atom is 0.303 e. The van der Waals surface area contributed by atoms with Crippen LogP contribution in [-0.2, 0) is 14.4 Å². The van der Waals surface area contributed by atoms with Crippen LogP contribution < -0.4 is 5.56 Å². The van der Waals surface area contributed by atoms with Crippen molar-refractivity contribution in [1.82, 2.24) is 14.5 Å². The average Bonchev–Trinajstić information content (AvgIpc) is 3.74. The van der Waals surface area contributed by atoms with Crippen LogP contribution >= 0.6 is 0 Å². The average molecular weight is 547 g/mol. The Balaban J connectivity index is 1.22. The lowest BCUT2D eigenvalue weighted by Crippen LogP contribution is -2.57. The van der Waals surface area contributed by atoms with Crippen molar-refractivity contribution in [3.8, 4) is 0 Å². The number of hydrogen-bond acceptors (Lipinski definition) is 7. The number of oxime groups is 1. The molecule has 1 aromatic carbocycles. The van der Waals surface area contributed by atoms with Gasteiger partial charge >= 0.3 is 5.97 Å². The normalized spacial score (nSPS) is 29.6. The molecule has 6 aliphatic rings. The fourth-order valence-electron chi connectivity index (χ4n) is 8.09. The monoisotopic (exact) mass is 546 g/mol. The van der Waals surface area contributed by atoms with Gasteiger partial charge in [0.25, 0.3) is 5.56 Å². The van der Waals surface area contributed by atoms with E-state index in [1.165, 1.54) is 25.7 Å². The quantitative estimate of drug-likeness (QED) is 0.266. The molecule has 5 atom stereocenters. The third-order valence-corrected chi connectivity index (χ3v) is 10.4. The highest BCUT2D eigenvalue weighted by Gasteiger charge is 2.74. The molecule has 2 aromatic rings. The van der Waals surface area contributed by atoms with Crippen molar-refractivity contribution in [2.75, 3.05) is 20.3 Å². The van der Waals surface area contributed by atoms with E-state index in [9.17, 15) is 14.7 Å². The largest absolute Gasteiger partial charge is 0.481 e. The van der Waals surface area contributed by atoms with Crippen LogP contribution in [0.1, 0.15) is 75.9 Å². The van der Waals surface area contributed by atoms with Crippen molar-refractivity contribution < 1.29 is 19.5 Å². The molecule has 0 amide bonds. The van der Waals surface area contributed by atoms with Gasteiger partial charge in [-0.05, 0) is 92.5 Å². The van der Waals surface area contributed by atoms with Gasteiger partial charge in [-0.25, -0.2) is 4.98 Å². The number of aromatic nitrogens is 2. The van der Waals surface area contributed by atoms with E-state index in [0.29, 0.717) is 29.6 Å². The Bertz CT molecular complexity index is 1410. The van der Waals surface area contributed by atoms with Gasteiger partial charge in [0.05, 0.1) is 24.1 Å². The first-order valence-corrected chi connectivity index (χ1v) is 14.9. The smallest absolute Gasteiger partial charge is 0.303 e. The van der Waals surface area contributed by atoms with Crippen molar-refractivity contribution in [2.45, 2.75) is 82.3 Å². The molecule has 2 saturated heterocycles. The first kappa shape index (κ1) is 25.7.